The minimum atomic E-state index is -0.0672. The monoisotopic (exact) mass is 420 g/mol. The van der Waals surface area contributed by atoms with Crippen LogP contribution >= 0.6 is 12.4 Å². The molecule has 0 bridgehead atoms. The second kappa shape index (κ2) is 11.7. The smallest absolute Gasteiger partial charge is 0.254 e. The number of carbonyl (C=O) groups excluding carboxylic acids is 1. The van der Waals surface area contributed by atoms with Gasteiger partial charge in [0.05, 0.1) is 19.8 Å². The third-order valence-electron chi connectivity index (χ3n) is 4.86. The zero-order chi connectivity index (χ0) is 19.8. The van der Waals surface area contributed by atoms with Crippen molar-refractivity contribution in [1.82, 2.24) is 10.2 Å². The third kappa shape index (κ3) is 5.85. The molecular weight excluding hydrogens is 392 g/mol. The molecule has 1 heterocycles. The van der Waals surface area contributed by atoms with Gasteiger partial charge in [0.2, 0.25) is 0 Å². The molecular formula is C22H29ClN2O4. The van der Waals surface area contributed by atoms with E-state index >= 15 is 0 Å². The van der Waals surface area contributed by atoms with E-state index in [9.17, 15) is 4.79 Å². The van der Waals surface area contributed by atoms with Crippen LogP contribution in [-0.4, -0.2) is 57.9 Å². The number of piperazine rings is 1. The van der Waals surface area contributed by atoms with Crippen molar-refractivity contribution in [1.29, 1.82) is 0 Å². The van der Waals surface area contributed by atoms with Crippen molar-refractivity contribution in [3.63, 3.8) is 0 Å². The highest BCUT2D eigenvalue weighted by Crippen LogP contribution is 2.31. The van der Waals surface area contributed by atoms with Crippen molar-refractivity contribution < 1.29 is 19.0 Å². The highest BCUT2D eigenvalue weighted by molar-refractivity contribution is 5.94. The third-order valence-corrected chi connectivity index (χ3v) is 4.86. The predicted molar refractivity (Wildman–Crippen MR) is 115 cm³/mol. The van der Waals surface area contributed by atoms with Crippen molar-refractivity contribution in [3.05, 3.63) is 59.7 Å². The number of para-hydroxylation sites is 1. The largest absolute Gasteiger partial charge is 0.496 e. The van der Waals surface area contributed by atoms with Crippen LogP contribution in [0.5, 0.6) is 11.5 Å². The fourth-order valence-electron chi connectivity index (χ4n) is 3.42. The maximum atomic E-state index is 13.2. The first-order chi connectivity index (χ1) is 13.7. The molecule has 29 heavy (non-hydrogen) atoms. The highest BCUT2D eigenvalue weighted by atomic mass is 35.5. The average molecular weight is 421 g/mol. The Balaban J connectivity index is 0.00000300. The zero-order valence-corrected chi connectivity index (χ0v) is 17.7. The van der Waals surface area contributed by atoms with E-state index in [1.807, 2.05) is 53.4 Å². The molecule has 6 nitrogen and oxygen atoms in total. The molecule has 1 amide bonds. The van der Waals surface area contributed by atoms with Crippen LogP contribution in [0.15, 0.2) is 48.5 Å². The molecule has 0 radical (unpaired) electrons. The lowest BCUT2D eigenvalue weighted by Crippen LogP contribution is -2.48. The molecule has 1 fully saturated rings. The first-order valence-electron chi connectivity index (χ1n) is 9.61. The summed E-state index contributed by atoms with van der Waals surface area (Å²) in [6.45, 7) is 3.39. The molecule has 1 atom stereocenters. The van der Waals surface area contributed by atoms with Gasteiger partial charge in [-0.3, -0.25) is 4.79 Å². The van der Waals surface area contributed by atoms with Crippen LogP contribution < -0.4 is 14.8 Å². The van der Waals surface area contributed by atoms with Gasteiger partial charge in [-0.1, -0.05) is 18.2 Å². The molecule has 1 saturated heterocycles. The molecule has 158 valence electrons. The minimum Gasteiger partial charge on any atom is -0.496 e. The molecule has 0 saturated carbocycles. The normalized spacial score (nSPS) is 16.1. The fourth-order valence-corrected chi connectivity index (χ4v) is 3.42. The summed E-state index contributed by atoms with van der Waals surface area (Å²) in [7, 11) is 3.33. The molecule has 7 heteroatoms. The second-order valence-electron chi connectivity index (χ2n) is 6.68. The summed E-state index contributed by atoms with van der Waals surface area (Å²) < 4.78 is 16.2. The van der Waals surface area contributed by atoms with Gasteiger partial charge < -0.3 is 24.4 Å². The number of carbonyl (C=O) groups is 1. The number of rotatable bonds is 8. The molecule has 0 spiro atoms. The van der Waals surface area contributed by atoms with Gasteiger partial charge >= 0.3 is 0 Å². The zero-order valence-electron chi connectivity index (χ0n) is 16.9. The van der Waals surface area contributed by atoms with Crippen molar-refractivity contribution in [2.75, 3.05) is 47.1 Å². The van der Waals surface area contributed by atoms with Crippen LogP contribution in [0.25, 0.3) is 0 Å². The van der Waals surface area contributed by atoms with Crippen LogP contribution in [0.1, 0.15) is 28.4 Å². The van der Waals surface area contributed by atoms with Gasteiger partial charge in [-0.15, -0.1) is 12.4 Å². The summed E-state index contributed by atoms with van der Waals surface area (Å²) in [5, 5.41) is 3.38. The Kier molecular flexibility index (Phi) is 9.25. The molecule has 0 aromatic heterocycles. The summed E-state index contributed by atoms with van der Waals surface area (Å²) in [6.07, 6.45) is 0.832. The molecule has 3 rings (SSSR count). The summed E-state index contributed by atoms with van der Waals surface area (Å²) in [6, 6.07) is 15.2. The second-order valence-corrected chi connectivity index (χ2v) is 6.68. The standard InChI is InChI=1S/C22H28N2O4.ClH/c1-26-14-5-15-28-18-10-8-17(9-11-18)22(25)24-13-12-23-16-20(24)19-6-3-4-7-21(19)27-2;/h3-4,6-11,20,23H,5,12-16H2,1-2H3;1H. The van der Waals surface area contributed by atoms with E-state index in [4.69, 9.17) is 14.2 Å². The molecule has 1 N–H and O–H groups in total. The Morgan fingerprint density at radius 3 is 2.59 bits per heavy atom. The SMILES string of the molecule is COCCCOc1ccc(C(=O)N2CCNCC2c2ccccc2OC)cc1.Cl. The van der Waals surface area contributed by atoms with Gasteiger partial charge in [0.1, 0.15) is 11.5 Å². The number of hydrogen-bond donors (Lipinski definition) is 1. The Morgan fingerprint density at radius 2 is 1.86 bits per heavy atom. The lowest BCUT2D eigenvalue weighted by molar-refractivity contribution is 0.0631. The summed E-state index contributed by atoms with van der Waals surface area (Å²) in [5.41, 5.74) is 1.68. The topological polar surface area (TPSA) is 60.0 Å². The Labute approximate surface area is 178 Å². The highest BCUT2D eigenvalue weighted by Gasteiger charge is 2.30. The first-order valence-corrected chi connectivity index (χ1v) is 9.61. The fraction of sp³-hybridized carbons (Fsp3) is 0.409. The van der Waals surface area contributed by atoms with Gasteiger partial charge in [0.15, 0.2) is 0 Å². The van der Waals surface area contributed by atoms with Gasteiger partial charge in [-0.25, -0.2) is 0 Å². The molecule has 2 aromatic rings. The number of hydrogen-bond acceptors (Lipinski definition) is 5. The minimum absolute atomic E-state index is 0. The Hall–Kier alpha value is -2.28. The molecule has 1 aliphatic heterocycles. The van der Waals surface area contributed by atoms with E-state index < -0.39 is 0 Å². The van der Waals surface area contributed by atoms with E-state index in [0.717, 1.165) is 30.0 Å². The van der Waals surface area contributed by atoms with Crippen molar-refractivity contribution in [2.45, 2.75) is 12.5 Å². The van der Waals surface area contributed by atoms with Gasteiger partial charge in [0.25, 0.3) is 5.91 Å². The van der Waals surface area contributed by atoms with Crippen LogP contribution in [-0.2, 0) is 4.74 Å². The number of nitrogens with one attached hydrogen (secondary N) is 1. The lowest BCUT2D eigenvalue weighted by atomic mass is 10.0. The Bertz CT molecular complexity index is 770. The first kappa shape index (κ1) is 23.0. The van der Waals surface area contributed by atoms with Crippen molar-refractivity contribution >= 4 is 18.3 Å². The lowest BCUT2D eigenvalue weighted by Gasteiger charge is -2.37. The number of benzene rings is 2. The average Bonchev–Trinajstić information content (AvgIpc) is 2.76. The number of ether oxygens (including phenoxy) is 3. The van der Waals surface area contributed by atoms with E-state index in [1.165, 1.54) is 0 Å². The van der Waals surface area contributed by atoms with Crippen LogP contribution in [0.4, 0.5) is 0 Å². The molecule has 2 aromatic carbocycles. The summed E-state index contributed by atoms with van der Waals surface area (Å²) >= 11 is 0. The maximum Gasteiger partial charge on any atom is 0.254 e. The van der Waals surface area contributed by atoms with Crippen LogP contribution in [0.2, 0.25) is 0 Å². The number of halogens is 1. The van der Waals surface area contributed by atoms with E-state index in [1.54, 1.807) is 14.2 Å². The van der Waals surface area contributed by atoms with Crippen molar-refractivity contribution in [2.24, 2.45) is 0 Å². The van der Waals surface area contributed by atoms with Crippen LogP contribution in [0, 0.1) is 0 Å². The van der Waals surface area contributed by atoms with Gasteiger partial charge in [-0.05, 0) is 30.3 Å². The predicted octanol–water partition coefficient (Wildman–Crippen LogP) is 3.32. The molecule has 1 aliphatic rings. The Morgan fingerprint density at radius 1 is 1.10 bits per heavy atom. The quantitative estimate of drug-likeness (QED) is 0.664. The van der Waals surface area contributed by atoms with E-state index in [-0.39, 0.29) is 24.4 Å². The number of nitrogens with zero attached hydrogens (tertiary/aromatic N) is 1. The van der Waals surface area contributed by atoms with Gasteiger partial charge in [0, 0.05) is 50.9 Å². The number of amides is 1. The molecule has 1 unspecified atom stereocenters. The van der Waals surface area contributed by atoms with Gasteiger partial charge in [-0.2, -0.15) is 0 Å². The van der Waals surface area contributed by atoms with E-state index in [0.29, 0.717) is 31.9 Å². The van der Waals surface area contributed by atoms with E-state index in [2.05, 4.69) is 5.32 Å². The number of methoxy groups -OCH3 is 2. The molecule has 0 aliphatic carbocycles. The maximum absolute atomic E-state index is 13.2. The summed E-state index contributed by atoms with van der Waals surface area (Å²) in [4.78, 5) is 15.1. The van der Waals surface area contributed by atoms with Crippen molar-refractivity contribution in [3.8, 4) is 11.5 Å². The summed E-state index contributed by atoms with van der Waals surface area (Å²) in [5.74, 6) is 1.58. The van der Waals surface area contributed by atoms with Crippen LogP contribution in [0.3, 0.4) is 0 Å².